The van der Waals surface area contributed by atoms with Crippen molar-refractivity contribution in [2.45, 2.75) is 51.2 Å². The van der Waals surface area contributed by atoms with Gasteiger partial charge in [-0.1, -0.05) is 20.8 Å². The Hall–Kier alpha value is -0.720. The number of nitrogens with zero attached hydrogens (tertiary/aromatic N) is 3. The van der Waals surface area contributed by atoms with Crippen LogP contribution in [-0.4, -0.2) is 47.9 Å². The SMILES string of the molecule is CC(C)(C)c1nsc(N2CCOC(C3CCCO3)C2)n1. The van der Waals surface area contributed by atoms with Crippen molar-refractivity contribution in [2.24, 2.45) is 0 Å². The standard InChI is InChI=1S/C14H23N3O2S/c1-14(2,3)12-15-13(20-16-12)17-6-8-19-11(9-17)10-5-4-7-18-10/h10-11H,4-9H2,1-3H3. The molecule has 2 aliphatic heterocycles. The van der Waals surface area contributed by atoms with E-state index in [0.29, 0.717) is 0 Å². The highest BCUT2D eigenvalue weighted by atomic mass is 32.1. The Morgan fingerprint density at radius 3 is 2.65 bits per heavy atom. The molecule has 0 saturated carbocycles. The van der Waals surface area contributed by atoms with Gasteiger partial charge in [-0.05, 0) is 12.8 Å². The maximum atomic E-state index is 5.88. The molecule has 0 N–H and O–H groups in total. The second kappa shape index (κ2) is 5.58. The van der Waals surface area contributed by atoms with Gasteiger partial charge >= 0.3 is 0 Å². The van der Waals surface area contributed by atoms with E-state index in [1.54, 1.807) is 0 Å². The lowest BCUT2D eigenvalue weighted by Gasteiger charge is -2.35. The minimum Gasteiger partial charge on any atom is -0.375 e. The lowest BCUT2D eigenvalue weighted by molar-refractivity contribution is -0.0543. The first kappa shape index (κ1) is 14.2. The molecule has 2 aliphatic rings. The maximum absolute atomic E-state index is 5.88. The lowest BCUT2D eigenvalue weighted by Crippen LogP contribution is -2.47. The first-order valence-electron chi connectivity index (χ1n) is 7.36. The third kappa shape index (κ3) is 2.97. The van der Waals surface area contributed by atoms with Gasteiger partial charge in [0, 0.05) is 36.6 Å². The quantitative estimate of drug-likeness (QED) is 0.837. The van der Waals surface area contributed by atoms with E-state index < -0.39 is 0 Å². The Bertz CT molecular complexity index is 452. The van der Waals surface area contributed by atoms with Crippen molar-refractivity contribution < 1.29 is 9.47 Å². The van der Waals surface area contributed by atoms with Gasteiger partial charge in [0.05, 0.1) is 12.7 Å². The maximum Gasteiger partial charge on any atom is 0.205 e. The molecule has 0 aliphatic carbocycles. The van der Waals surface area contributed by atoms with Gasteiger partial charge in [0.15, 0.2) is 0 Å². The van der Waals surface area contributed by atoms with Crippen LogP contribution in [0.2, 0.25) is 0 Å². The first-order valence-corrected chi connectivity index (χ1v) is 8.14. The van der Waals surface area contributed by atoms with Crippen molar-refractivity contribution in [3.63, 3.8) is 0 Å². The monoisotopic (exact) mass is 297 g/mol. The average molecular weight is 297 g/mol. The molecule has 20 heavy (non-hydrogen) atoms. The van der Waals surface area contributed by atoms with E-state index in [2.05, 4.69) is 30.0 Å². The molecule has 0 amide bonds. The van der Waals surface area contributed by atoms with Gasteiger partial charge in [0.1, 0.15) is 11.9 Å². The number of anilines is 1. The number of hydrogen-bond donors (Lipinski definition) is 0. The van der Waals surface area contributed by atoms with E-state index in [4.69, 9.17) is 14.5 Å². The van der Waals surface area contributed by atoms with Crippen molar-refractivity contribution in [1.29, 1.82) is 0 Å². The van der Waals surface area contributed by atoms with Gasteiger partial charge in [0.2, 0.25) is 5.13 Å². The Morgan fingerprint density at radius 1 is 1.20 bits per heavy atom. The van der Waals surface area contributed by atoms with Crippen LogP contribution >= 0.6 is 11.5 Å². The summed E-state index contributed by atoms with van der Waals surface area (Å²) in [5.74, 6) is 0.928. The molecule has 3 rings (SSSR count). The molecule has 112 valence electrons. The van der Waals surface area contributed by atoms with Gasteiger partial charge < -0.3 is 14.4 Å². The normalized spacial score (nSPS) is 28.1. The smallest absolute Gasteiger partial charge is 0.205 e. The van der Waals surface area contributed by atoms with Crippen LogP contribution in [-0.2, 0) is 14.9 Å². The molecular weight excluding hydrogens is 274 g/mol. The zero-order valence-electron chi connectivity index (χ0n) is 12.5. The third-order valence-electron chi connectivity index (χ3n) is 3.83. The topological polar surface area (TPSA) is 47.5 Å². The fourth-order valence-corrected chi connectivity index (χ4v) is 3.51. The Morgan fingerprint density at radius 2 is 2.00 bits per heavy atom. The van der Waals surface area contributed by atoms with Crippen LogP contribution in [0.4, 0.5) is 5.13 Å². The fraction of sp³-hybridized carbons (Fsp3) is 0.857. The van der Waals surface area contributed by atoms with E-state index in [1.807, 2.05) is 0 Å². The molecule has 2 atom stereocenters. The van der Waals surface area contributed by atoms with Crippen molar-refractivity contribution in [1.82, 2.24) is 9.36 Å². The van der Waals surface area contributed by atoms with E-state index in [-0.39, 0.29) is 17.6 Å². The highest BCUT2D eigenvalue weighted by Gasteiger charge is 2.32. The molecule has 0 bridgehead atoms. The second-order valence-corrected chi connectivity index (χ2v) is 7.29. The summed E-state index contributed by atoms with van der Waals surface area (Å²) in [6.07, 6.45) is 2.69. The molecular formula is C14H23N3O2S. The van der Waals surface area contributed by atoms with Crippen LogP contribution in [0.3, 0.4) is 0 Å². The molecule has 1 aromatic heterocycles. The van der Waals surface area contributed by atoms with Crippen molar-refractivity contribution >= 4 is 16.7 Å². The largest absolute Gasteiger partial charge is 0.375 e. The molecule has 5 nitrogen and oxygen atoms in total. The molecule has 2 saturated heterocycles. The molecule has 3 heterocycles. The van der Waals surface area contributed by atoms with Crippen LogP contribution < -0.4 is 4.90 Å². The van der Waals surface area contributed by atoms with E-state index in [9.17, 15) is 0 Å². The summed E-state index contributed by atoms with van der Waals surface area (Å²) < 4.78 is 16.1. The number of rotatable bonds is 2. The summed E-state index contributed by atoms with van der Waals surface area (Å²) in [7, 11) is 0. The number of ether oxygens (including phenoxy) is 2. The molecule has 0 aromatic carbocycles. The minimum atomic E-state index is 0.00893. The molecule has 0 spiro atoms. The lowest BCUT2D eigenvalue weighted by atomic mass is 9.96. The molecule has 2 fully saturated rings. The van der Waals surface area contributed by atoms with Crippen LogP contribution in [0.1, 0.15) is 39.4 Å². The summed E-state index contributed by atoms with van der Waals surface area (Å²) in [4.78, 5) is 7.00. The zero-order valence-corrected chi connectivity index (χ0v) is 13.3. The summed E-state index contributed by atoms with van der Waals surface area (Å²) in [6.45, 7) is 9.81. The summed E-state index contributed by atoms with van der Waals surface area (Å²) in [5.41, 5.74) is 0.00893. The first-order chi connectivity index (χ1) is 9.54. The Kier molecular flexibility index (Phi) is 3.97. The predicted octanol–water partition coefficient (Wildman–Crippen LogP) is 2.22. The van der Waals surface area contributed by atoms with E-state index in [1.165, 1.54) is 11.5 Å². The van der Waals surface area contributed by atoms with E-state index >= 15 is 0 Å². The third-order valence-corrected chi connectivity index (χ3v) is 4.61. The van der Waals surface area contributed by atoms with E-state index in [0.717, 1.165) is 50.1 Å². The predicted molar refractivity (Wildman–Crippen MR) is 79.5 cm³/mol. The van der Waals surface area contributed by atoms with Gasteiger partial charge in [-0.2, -0.15) is 4.37 Å². The van der Waals surface area contributed by atoms with Crippen LogP contribution in [0.15, 0.2) is 0 Å². The number of aromatic nitrogens is 2. The highest BCUT2D eigenvalue weighted by Crippen LogP contribution is 2.28. The molecule has 6 heteroatoms. The highest BCUT2D eigenvalue weighted by molar-refractivity contribution is 7.09. The van der Waals surface area contributed by atoms with Crippen molar-refractivity contribution in [2.75, 3.05) is 31.2 Å². The average Bonchev–Trinajstić information content (AvgIpc) is 3.10. The molecule has 1 aromatic rings. The van der Waals surface area contributed by atoms with Crippen LogP contribution in [0.5, 0.6) is 0 Å². The van der Waals surface area contributed by atoms with Gasteiger partial charge in [-0.15, -0.1) is 0 Å². The van der Waals surface area contributed by atoms with Crippen LogP contribution in [0, 0.1) is 0 Å². The Balaban J connectivity index is 1.68. The number of morpholine rings is 1. The molecule has 2 unspecified atom stereocenters. The van der Waals surface area contributed by atoms with Gasteiger partial charge in [-0.3, -0.25) is 0 Å². The summed E-state index contributed by atoms with van der Waals surface area (Å²) >= 11 is 1.50. The molecule has 0 radical (unpaired) electrons. The van der Waals surface area contributed by atoms with Gasteiger partial charge in [-0.25, -0.2) is 4.98 Å². The minimum absolute atomic E-state index is 0.00893. The Labute approximate surface area is 124 Å². The van der Waals surface area contributed by atoms with Crippen LogP contribution in [0.25, 0.3) is 0 Å². The zero-order chi connectivity index (χ0) is 14.2. The van der Waals surface area contributed by atoms with Crippen molar-refractivity contribution in [3.8, 4) is 0 Å². The van der Waals surface area contributed by atoms with Gasteiger partial charge in [0.25, 0.3) is 0 Å². The van der Waals surface area contributed by atoms with Crippen molar-refractivity contribution in [3.05, 3.63) is 5.82 Å². The number of hydrogen-bond acceptors (Lipinski definition) is 6. The second-order valence-electron chi connectivity index (χ2n) is 6.56. The summed E-state index contributed by atoms with van der Waals surface area (Å²) in [6, 6.07) is 0. The fourth-order valence-electron chi connectivity index (χ4n) is 2.62. The summed E-state index contributed by atoms with van der Waals surface area (Å²) in [5, 5.41) is 1.02.